The van der Waals surface area contributed by atoms with Gasteiger partial charge in [0.1, 0.15) is 5.15 Å². The van der Waals surface area contributed by atoms with E-state index in [4.69, 9.17) is 23.2 Å². The molecule has 1 aliphatic rings. The van der Waals surface area contributed by atoms with Crippen molar-refractivity contribution in [2.24, 2.45) is 5.92 Å². The number of hydrogen-bond acceptors (Lipinski definition) is 2. The van der Waals surface area contributed by atoms with Crippen molar-refractivity contribution < 1.29 is 4.79 Å². The third kappa shape index (κ3) is 2.76. The van der Waals surface area contributed by atoms with Gasteiger partial charge in [0.15, 0.2) is 0 Å². The summed E-state index contributed by atoms with van der Waals surface area (Å²) in [6, 6.07) is 9.49. The van der Waals surface area contributed by atoms with Crippen LogP contribution in [0.2, 0.25) is 10.2 Å². The lowest BCUT2D eigenvalue weighted by Gasteiger charge is -2.33. The van der Waals surface area contributed by atoms with E-state index in [1.807, 2.05) is 18.2 Å². The summed E-state index contributed by atoms with van der Waals surface area (Å²) < 4.78 is 0. The van der Waals surface area contributed by atoms with Crippen molar-refractivity contribution in [3.63, 3.8) is 0 Å². The van der Waals surface area contributed by atoms with E-state index in [0.29, 0.717) is 23.0 Å². The average Bonchev–Trinajstić information content (AvgIpc) is 2.48. The van der Waals surface area contributed by atoms with Crippen molar-refractivity contribution in [1.82, 2.24) is 4.98 Å². The molecule has 0 N–H and O–H groups in total. The van der Waals surface area contributed by atoms with E-state index in [2.05, 4.69) is 18.0 Å². The third-order valence-electron chi connectivity index (χ3n) is 3.64. The fourth-order valence-corrected chi connectivity index (χ4v) is 3.05. The highest BCUT2D eigenvalue weighted by molar-refractivity contribution is 6.35. The molecule has 0 spiro atoms. The molecule has 1 aliphatic heterocycles. The maximum absolute atomic E-state index is 12.8. The van der Waals surface area contributed by atoms with Gasteiger partial charge in [-0.25, -0.2) is 4.98 Å². The molecular formula is C16H14Cl2N2O. The Balaban J connectivity index is 2.04. The number of benzene rings is 1. The summed E-state index contributed by atoms with van der Waals surface area (Å²) in [5.41, 5.74) is 2.52. The summed E-state index contributed by atoms with van der Waals surface area (Å²) in [4.78, 5) is 18.5. The number of anilines is 1. The van der Waals surface area contributed by atoms with Gasteiger partial charge >= 0.3 is 0 Å². The molecule has 1 aromatic carbocycles. The second-order valence-electron chi connectivity index (χ2n) is 5.34. The first-order chi connectivity index (χ1) is 10.1. The molecule has 2 heterocycles. The molecule has 1 aromatic heterocycles. The standard InChI is InChI=1S/C16H14Cl2N2O/c1-10-6-11-4-2-3-5-14(11)20(9-10)16(21)12-7-15(18)19-8-13(12)17/h2-5,7-8,10H,6,9H2,1H3. The molecule has 0 bridgehead atoms. The van der Waals surface area contributed by atoms with Gasteiger partial charge in [-0.2, -0.15) is 0 Å². The number of amides is 1. The molecule has 0 aliphatic carbocycles. The maximum Gasteiger partial charge on any atom is 0.259 e. The van der Waals surface area contributed by atoms with Gasteiger partial charge in [-0.3, -0.25) is 4.79 Å². The highest BCUT2D eigenvalue weighted by atomic mass is 35.5. The molecule has 0 radical (unpaired) electrons. The molecule has 1 amide bonds. The van der Waals surface area contributed by atoms with Gasteiger partial charge in [-0.1, -0.05) is 48.3 Å². The Kier molecular flexibility index (Phi) is 3.87. The van der Waals surface area contributed by atoms with Crippen LogP contribution in [0.25, 0.3) is 0 Å². The van der Waals surface area contributed by atoms with E-state index < -0.39 is 0 Å². The summed E-state index contributed by atoms with van der Waals surface area (Å²) in [6.07, 6.45) is 2.39. The molecule has 2 aromatic rings. The van der Waals surface area contributed by atoms with Crippen LogP contribution in [0.5, 0.6) is 0 Å². The van der Waals surface area contributed by atoms with Crippen LogP contribution in [0, 0.1) is 5.92 Å². The predicted octanol–water partition coefficient (Wildman–Crippen LogP) is 4.23. The summed E-state index contributed by atoms with van der Waals surface area (Å²) >= 11 is 12.0. The summed E-state index contributed by atoms with van der Waals surface area (Å²) in [5.74, 6) is 0.267. The van der Waals surface area contributed by atoms with Crippen molar-refractivity contribution >= 4 is 34.8 Å². The van der Waals surface area contributed by atoms with E-state index in [1.54, 1.807) is 4.90 Å². The molecular weight excluding hydrogens is 307 g/mol. The number of fused-ring (bicyclic) bond motifs is 1. The highest BCUT2D eigenvalue weighted by Gasteiger charge is 2.28. The molecule has 3 rings (SSSR count). The van der Waals surface area contributed by atoms with Crippen molar-refractivity contribution in [3.05, 3.63) is 57.8 Å². The largest absolute Gasteiger partial charge is 0.308 e. The first-order valence-corrected chi connectivity index (χ1v) is 7.52. The molecule has 21 heavy (non-hydrogen) atoms. The van der Waals surface area contributed by atoms with Crippen LogP contribution in [-0.4, -0.2) is 17.4 Å². The number of carbonyl (C=O) groups is 1. The van der Waals surface area contributed by atoms with Gasteiger partial charge in [-0.05, 0) is 30.0 Å². The zero-order chi connectivity index (χ0) is 15.0. The SMILES string of the molecule is CC1Cc2ccccc2N(C(=O)c2cc(Cl)ncc2Cl)C1. The number of nitrogens with zero attached hydrogens (tertiary/aromatic N) is 2. The van der Waals surface area contributed by atoms with Crippen LogP contribution in [0.3, 0.4) is 0 Å². The summed E-state index contributed by atoms with van der Waals surface area (Å²) in [5, 5.41) is 0.584. The van der Waals surface area contributed by atoms with Crippen molar-refractivity contribution in [1.29, 1.82) is 0 Å². The lowest BCUT2D eigenvalue weighted by Crippen LogP contribution is -2.39. The minimum Gasteiger partial charge on any atom is -0.308 e. The lowest BCUT2D eigenvalue weighted by atomic mass is 9.93. The Morgan fingerprint density at radius 1 is 1.33 bits per heavy atom. The Bertz CT molecular complexity index is 702. The van der Waals surface area contributed by atoms with Crippen molar-refractivity contribution in [3.8, 4) is 0 Å². The molecule has 3 nitrogen and oxygen atoms in total. The summed E-state index contributed by atoms with van der Waals surface area (Å²) in [6.45, 7) is 2.81. The normalized spacial score (nSPS) is 17.5. The van der Waals surface area contributed by atoms with Crippen LogP contribution < -0.4 is 4.90 Å². The van der Waals surface area contributed by atoms with Gasteiger partial charge in [-0.15, -0.1) is 0 Å². The Morgan fingerprint density at radius 3 is 2.90 bits per heavy atom. The number of halogens is 2. The summed E-state index contributed by atoms with van der Waals surface area (Å²) in [7, 11) is 0. The minimum absolute atomic E-state index is 0.136. The first-order valence-electron chi connectivity index (χ1n) is 6.77. The van der Waals surface area contributed by atoms with Gasteiger partial charge in [0.25, 0.3) is 5.91 Å². The molecule has 0 saturated heterocycles. The van der Waals surface area contributed by atoms with E-state index in [0.717, 1.165) is 12.1 Å². The monoisotopic (exact) mass is 320 g/mol. The molecule has 108 valence electrons. The zero-order valence-electron chi connectivity index (χ0n) is 11.5. The predicted molar refractivity (Wildman–Crippen MR) is 85.2 cm³/mol. The molecule has 0 saturated carbocycles. The van der Waals surface area contributed by atoms with Crippen LogP contribution in [0.4, 0.5) is 5.69 Å². The number of pyridine rings is 1. The number of hydrogen-bond donors (Lipinski definition) is 0. The smallest absolute Gasteiger partial charge is 0.259 e. The second kappa shape index (κ2) is 5.66. The topological polar surface area (TPSA) is 33.2 Å². The van der Waals surface area contributed by atoms with Crippen LogP contribution in [0.1, 0.15) is 22.8 Å². The number of para-hydroxylation sites is 1. The van der Waals surface area contributed by atoms with Crippen LogP contribution in [-0.2, 0) is 6.42 Å². The number of rotatable bonds is 1. The maximum atomic E-state index is 12.8. The van der Waals surface area contributed by atoms with Crippen molar-refractivity contribution in [2.75, 3.05) is 11.4 Å². The Labute approximate surface area is 133 Å². The minimum atomic E-state index is -0.136. The van der Waals surface area contributed by atoms with Gasteiger partial charge in [0.2, 0.25) is 0 Å². The van der Waals surface area contributed by atoms with Crippen LogP contribution >= 0.6 is 23.2 Å². The van der Waals surface area contributed by atoms with E-state index >= 15 is 0 Å². The first kappa shape index (κ1) is 14.4. The van der Waals surface area contributed by atoms with E-state index in [1.165, 1.54) is 17.8 Å². The second-order valence-corrected chi connectivity index (χ2v) is 6.14. The Morgan fingerprint density at radius 2 is 2.10 bits per heavy atom. The molecule has 1 atom stereocenters. The average molecular weight is 321 g/mol. The molecule has 1 unspecified atom stereocenters. The molecule has 0 fully saturated rings. The number of aromatic nitrogens is 1. The number of carbonyl (C=O) groups excluding carboxylic acids is 1. The van der Waals surface area contributed by atoms with Gasteiger partial charge in [0, 0.05) is 18.4 Å². The van der Waals surface area contributed by atoms with Gasteiger partial charge in [0.05, 0.1) is 10.6 Å². The van der Waals surface area contributed by atoms with E-state index in [-0.39, 0.29) is 11.1 Å². The highest BCUT2D eigenvalue weighted by Crippen LogP contribution is 2.32. The fraction of sp³-hybridized carbons (Fsp3) is 0.250. The zero-order valence-corrected chi connectivity index (χ0v) is 13.0. The third-order valence-corrected chi connectivity index (χ3v) is 4.15. The van der Waals surface area contributed by atoms with Gasteiger partial charge < -0.3 is 4.90 Å². The van der Waals surface area contributed by atoms with E-state index in [9.17, 15) is 4.79 Å². The quantitative estimate of drug-likeness (QED) is 0.737. The van der Waals surface area contributed by atoms with Crippen molar-refractivity contribution in [2.45, 2.75) is 13.3 Å². The fourth-order valence-electron chi connectivity index (χ4n) is 2.71. The Hall–Kier alpha value is -1.58. The lowest BCUT2D eigenvalue weighted by molar-refractivity contribution is 0.0981. The molecule has 5 heteroatoms. The van der Waals surface area contributed by atoms with Crippen LogP contribution in [0.15, 0.2) is 36.5 Å².